The molecule has 4 heteroatoms. The summed E-state index contributed by atoms with van der Waals surface area (Å²) in [6.07, 6.45) is 6.61. The minimum absolute atomic E-state index is 0.188. The molecule has 0 unspecified atom stereocenters. The molecule has 0 spiro atoms. The molecule has 0 aromatic carbocycles. The molecule has 1 aromatic rings. The molecule has 3 fully saturated rings. The Kier molecular flexibility index (Phi) is 4.48. The fourth-order valence-electron chi connectivity index (χ4n) is 4.23. The minimum atomic E-state index is 0.188. The van der Waals surface area contributed by atoms with E-state index in [2.05, 4.69) is 17.0 Å². The van der Waals surface area contributed by atoms with Gasteiger partial charge in [0.1, 0.15) is 11.5 Å². The van der Waals surface area contributed by atoms with E-state index in [0.29, 0.717) is 6.10 Å². The van der Waals surface area contributed by atoms with E-state index in [-0.39, 0.29) is 5.41 Å². The molecule has 1 aromatic heterocycles. The molecule has 0 radical (unpaired) electrons. The summed E-state index contributed by atoms with van der Waals surface area (Å²) < 4.78 is 18.0. The SMILES string of the molecule is Cc1ccc(CN2CC[C@H]3OCCC[C@]3(COCC3CC3)C2)o1. The average molecular weight is 319 g/mol. The van der Waals surface area contributed by atoms with Crippen LogP contribution in [0.25, 0.3) is 0 Å². The molecule has 3 aliphatic rings. The highest BCUT2D eigenvalue weighted by Crippen LogP contribution is 2.41. The number of furan rings is 1. The second-order valence-electron chi connectivity index (χ2n) is 7.80. The van der Waals surface area contributed by atoms with Crippen molar-refractivity contribution >= 4 is 0 Å². The monoisotopic (exact) mass is 319 g/mol. The highest BCUT2D eigenvalue weighted by Gasteiger charge is 2.46. The third-order valence-corrected chi connectivity index (χ3v) is 5.68. The highest BCUT2D eigenvalue weighted by atomic mass is 16.5. The van der Waals surface area contributed by atoms with Gasteiger partial charge in [-0.1, -0.05) is 0 Å². The van der Waals surface area contributed by atoms with Crippen LogP contribution in [0.5, 0.6) is 0 Å². The minimum Gasteiger partial charge on any atom is -0.465 e. The van der Waals surface area contributed by atoms with Crippen LogP contribution in [0.3, 0.4) is 0 Å². The third kappa shape index (κ3) is 3.65. The van der Waals surface area contributed by atoms with Gasteiger partial charge in [0, 0.05) is 31.7 Å². The first-order valence-corrected chi connectivity index (χ1v) is 9.21. The van der Waals surface area contributed by atoms with Crippen LogP contribution >= 0.6 is 0 Å². The molecule has 2 saturated heterocycles. The molecule has 128 valence electrons. The van der Waals surface area contributed by atoms with Crippen molar-refractivity contribution in [1.82, 2.24) is 4.90 Å². The number of hydrogen-bond acceptors (Lipinski definition) is 4. The van der Waals surface area contributed by atoms with E-state index < -0.39 is 0 Å². The predicted octanol–water partition coefficient (Wildman–Crippen LogP) is 3.39. The Balaban J connectivity index is 1.40. The molecule has 2 aliphatic heterocycles. The van der Waals surface area contributed by atoms with Crippen molar-refractivity contribution in [2.45, 2.75) is 51.7 Å². The van der Waals surface area contributed by atoms with Gasteiger partial charge in [0.05, 0.1) is 19.3 Å². The summed E-state index contributed by atoms with van der Waals surface area (Å²) in [5.41, 5.74) is 0.188. The van der Waals surface area contributed by atoms with Gasteiger partial charge in [0.2, 0.25) is 0 Å². The van der Waals surface area contributed by atoms with Gasteiger partial charge in [-0.05, 0) is 57.1 Å². The number of fused-ring (bicyclic) bond motifs is 1. The Morgan fingerprint density at radius 3 is 3.00 bits per heavy atom. The molecule has 2 atom stereocenters. The number of likely N-dealkylation sites (tertiary alicyclic amines) is 1. The van der Waals surface area contributed by atoms with E-state index in [4.69, 9.17) is 13.9 Å². The first-order valence-electron chi connectivity index (χ1n) is 9.21. The number of hydrogen-bond donors (Lipinski definition) is 0. The zero-order chi connectivity index (χ0) is 15.7. The quantitative estimate of drug-likeness (QED) is 0.805. The zero-order valence-corrected chi connectivity index (χ0v) is 14.3. The van der Waals surface area contributed by atoms with Gasteiger partial charge in [-0.2, -0.15) is 0 Å². The van der Waals surface area contributed by atoms with Crippen LogP contribution in [0.2, 0.25) is 0 Å². The van der Waals surface area contributed by atoms with Gasteiger partial charge in [0.15, 0.2) is 0 Å². The Morgan fingerprint density at radius 1 is 1.30 bits per heavy atom. The van der Waals surface area contributed by atoms with Gasteiger partial charge >= 0.3 is 0 Å². The summed E-state index contributed by atoms with van der Waals surface area (Å²) in [6, 6.07) is 4.16. The largest absolute Gasteiger partial charge is 0.465 e. The third-order valence-electron chi connectivity index (χ3n) is 5.68. The topological polar surface area (TPSA) is 34.8 Å². The van der Waals surface area contributed by atoms with Crippen molar-refractivity contribution in [3.63, 3.8) is 0 Å². The second kappa shape index (κ2) is 6.58. The summed E-state index contributed by atoms with van der Waals surface area (Å²) in [5.74, 6) is 2.91. The van der Waals surface area contributed by atoms with E-state index in [9.17, 15) is 0 Å². The van der Waals surface area contributed by atoms with Crippen LogP contribution in [0.4, 0.5) is 0 Å². The summed E-state index contributed by atoms with van der Waals surface area (Å²) in [5, 5.41) is 0. The van der Waals surface area contributed by atoms with Gasteiger partial charge < -0.3 is 13.9 Å². The van der Waals surface area contributed by atoms with Gasteiger partial charge in [-0.15, -0.1) is 0 Å². The first-order chi connectivity index (χ1) is 11.2. The van der Waals surface area contributed by atoms with Crippen molar-refractivity contribution in [1.29, 1.82) is 0 Å². The lowest BCUT2D eigenvalue weighted by Gasteiger charge is -2.50. The number of aryl methyl sites for hydroxylation is 1. The number of piperidine rings is 1. The van der Waals surface area contributed by atoms with E-state index in [1.165, 1.54) is 19.3 Å². The maximum atomic E-state index is 6.13. The van der Waals surface area contributed by atoms with Crippen LogP contribution < -0.4 is 0 Å². The molecular formula is C19H29NO3. The van der Waals surface area contributed by atoms with Crippen molar-refractivity contribution in [3.05, 3.63) is 23.7 Å². The van der Waals surface area contributed by atoms with Crippen LogP contribution in [-0.2, 0) is 16.0 Å². The maximum Gasteiger partial charge on any atom is 0.118 e. The summed E-state index contributed by atoms with van der Waals surface area (Å²) in [4.78, 5) is 2.53. The lowest BCUT2D eigenvalue weighted by molar-refractivity contribution is -0.155. The number of rotatable bonds is 6. The molecule has 0 amide bonds. The molecule has 3 heterocycles. The average Bonchev–Trinajstić information content (AvgIpc) is 3.28. The van der Waals surface area contributed by atoms with E-state index in [1.807, 2.05) is 6.92 Å². The Labute approximate surface area is 139 Å². The Morgan fingerprint density at radius 2 is 2.22 bits per heavy atom. The fraction of sp³-hybridized carbons (Fsp3) is 0.789. The molecule has 23 heavy (non-hydrogen) atoms. The second-order valence-corrected chi connectivity index (χ2v) is 7.80. The zero-order valence-electron chi connectivity index (χ0n) is 14.3. The molecule has 1 saturated carbocycles. The Hall–Kier alpha value is -0.840. The maximum absolute atomic E-state index is 6.13. The summed E-state index contributed by atoms with van der Waals surface area (Å²) in [7, 11) is 0. The van der Waals surface area contributed by atoms with Gasteiger partial charge in [-0.25, -0.2) is 0 Å². The highest BCUT2D eigenvalue weighted by molar-refractivity contribution is 5.06. The van der Waals surface area contributed by atoms with Crippen molar-refractivity contribution in [3.8, 4) is 0 Å². The summed E-state index contributed by atoms with van der Waals surface area (Å²) >= 11 is 0. The van der Waals surface area contributed by atoms with Crippen LogP contribution in [0.15, 0.2) is 16.5 Å². The lowest BCUT2D eigenvalue weighted by atomic mass is 9.73. The molecule has 4 nitrogen and oxygen atoms in total. The van der Waals surface area contributed by atoms with E-state index in [1.54, 1.807) is 0 Å². The van der Waals surface area contributed by atoms with Crippen LogP contribution in [0, 0.1) is 18.3 Å². The van der Waals surface area contributed by atoms with E-state index >= 15 is 0 Å². The molecule has 0 bridgehead atoms. The predicted molar refractivity (Wildman–Crippen MR) is 88.3 cm³/mol. The normalized spacial score (nSPS) is 32.0. The molecular weight excluding hydrogens is 290 g/mol. The number of ether oxygens (including phenoxy) is 2. The van der Waals surface area contributed by atoms with Crippen molar-refractivity contribution in [2.24, 2.45) is 11.3 Å². The van der Waals surface area contributed by atoms with Crippen LogP contribution in [0.1, 0.15) is 43.6 Å². The van der Waals surface area contributed by atoms with Crippen molar-refractivity contribution < 1.29 is 13.9 Å². The Bertz CT molecular complexity index is 524. The van der Waals surface area contributed by atoms with Crippen molar-refractivity contribution in [2.75, 3.05) is 32.9 Å². The molecule has 4 rings (SSSR count). The van der Waals surface area contributed by atoms with Crippen LogP contribution in [-0.4, -0.2) is 43.9 Å². The molecule has 0 N–H and O–H groups in total. The smallest absolute Gasteiger partial charge is 0.118 e. The van der Waals surface area contributed by atoms with Gasteiger partial charge in [0.25, 0.3) is 0 Å². The van der Waals surface area contributed by atoms with Gasteiger partial charge in [-0.3, -0.25) is 4.90 Å². The first kappa shape index (κ1) is 15.7. The fourth-order valence-corrected chi connectivity index (χ4v) is 4.23. The lowest BCUT2D eigenvalue weighted by Crippen LogP contribution is -2.56. The standard InChI is InChI=1S/C19H29NO3/c1-15-3-6-17(23-15)11-20-9-7-18-19(13-20,8-2-10-22-18)14-21-12-16-4-5-16/h3,6,16,18H,2,4-5,7-14H2,1H3/t18-,19-/m1/s1. The molecule has 1 aliphatic carbocycles. The number of nitrogens with zero attached hydrogens (tertiary/aromatic N) is 1. The van der Waals surface area contributed by atoms with E-state index in [0.717, 1.165) is 69.7 Å². The summed E-state index contributed by atoms with van der Waals surface area (Å²) in [6.45, 7) is 7.82.